The van der Waals surface area contributed by atoms with Crippen molar-refractivity contribution in [1.82, 2.24) is 15.1 Å². The van der Waals surface area contributed by atoms with Crippen molar-refractivity contribution in [3.63, 3.8) is 0 Å². The van der Waals surface area contributed by atoms with Crippen LogP contribution in [0.1, 0.15) is 39.3 Å². The van der Waals surface area contributed by atoms with Gasteiger partial charge in [-0.3, -0.25) is 0 Å². The lowest BCUT2D eigenvalue weighted by Crippen LogP contribution is -2.64. The molecule has 6 heteroatoms. The minimum atomic E-state index is -0.421. The van der Waals surface area contributed by atoms with E-state index in [4.69, 9.17) is 16.3 Å². The molecular formula is C16H22ClN3O2. The molecule has 0 bridgehead atoms. The summed E-state index contributed by atoms with van der Waals surface area (Å²) in [5.41, 5.74) is 0.893. The molecule has 1 aliphatic carbocycles. The SMILES string of the molecule is CC(C)(C)OC(=O)N1CC2(CC(Cc3ccc(Cl)nn3)C2)C1. The number of hydrogen-bond acceptors (Lipinski definition) is 4. The summed E-state index contributed by atoms with van der Waals surface area (Å²) in [5.74, 6) is 0.635. The molecule has 1 aromatic rings. The third kappa shape index (κ3) is 3.35. The maximum absolute atomic E-state index is 11.9. The Morgan fingerprint density at radius 3 is 2.59 bits per heavy atom. The minimum absolute atomic E-state index is 0.190. The van der Waals surface area contributed by atoms with E-state index in [2.05, 4.69) is 10.2 Å². The number of aromatic nitrogens is 2. The van der Waals surface area contributed by atoms with Crippen molar-refractivity contribution < 1.29 is 9.53 Å². The van der Waals surface area contributed by atoms with Gasteiger partial charge in [0.15, 0.2) is 5.15 Å². The van der Waals surface area contributed by atoms with E-state index in [1.807, 2.05) is 31.7 Å². The molecule has 1 aliphatic heterocycles. The van der Waals surface area contributed by atoms with Crippen LogP contribution in [0.3, 0.4) is 0 Å². The number of hydrogen-bond donors (Lipinski definition) is 0. The quantitative estimate of drug-likeness (QED) is 0.837. The average molecular weight is 324 g/mol. The van der Waals surface area contributed by atoms with Crippen molar-refractivity contribution in [3.05, 3.63) is 23.0 Å². The Hall–Kier alpha value is -1.36. The zero-order chi connectivity index (χ0) is 16.0. The predicted molar refractivity (Wildman–Crippen MR) is 83.7 cm³/mol. The van der Waals surface area contributed by atoms with Crippen LogP contribution >= 0.6 is 11.6 Å². The van der Waals surface area contributed by atoms with Gasteiger partial charge in [-0.05, 0) is 58.1 Å². The molecule has 0 N–H and O–H groups in total. The molecule has 0 aromatic carbocycles. The summed E-state index contributed by atoms with van der Waals surface area (Å²) in [5, 5.41) is 8.42. The van der Waals surface area contributed by atoms with E-state index in [9.17, 15) is 4.79 Å². The molecule has 120 valence electrons. The van der Waals surface area contributed by atoms with Gasteiger partial charge in [-0.2, -0.15) is 5.10 Å². The Bertz CT molecular complexity index is 554. The maximum Gasteiger partial charge on any atom is 0.410 e. The molecule has 2 fully saturated rings. The smallest absolute Gasteiger partial charge is 0.410 e. The minimum Gasteiger partial charge on any atom is -0.444 e. The van der Waals surface area contributed by atoms with Gasteiger partial charge in [-0.25, -0.2) is 4.79 Å². The number of ether oxygens (including phenoxy) is 1. The first-order chi connectivity index (χ1) is 10.2. The second-order valence-electron chi connectivity index (χ2n) is 7.66. The topological polar surface area (TPSA) is 55.3 Å². The average Bonchev–Trinajstić information content (AvgIpc) is 2.30. The number of rotatable bonds is 2. The Kier molecular flexibility index (Phi) is 3.79. The second kappa shape index (κ2) is 5.37. The van der Waals surface area contributed by atoms with Crippen molar-refractivity contribution >= 4 is 17.7 Å². The molecule has 1 saturated heterocycles. The molecule has 0 unspecified atom stereocenters. The van der Waals surface area contributed by atoms with Crippen molar-refractivity contribution in [1.29, 1.82) is 0 Å². The lowest BCUT2D eigenvalue weighted by molar-refractivity contribution is -0.0949. The van der Waals surface area contributed by atoms with Crippen LogP contribution in [0.15, 0.2) is 12.1 Å². The van der Waals surface area contributed by atoms with Gasteiger partial charge in [-0.15, -0.1) is 5.10 Å². The van der Waals surface area contributed by atoms with E-state index in [0.717, 1.165) is 38.0 Å². The molecule has 1 amide bonds. The van der Waals surface area contributed by atoms with Crippen LogP contribution < -0.4 is 0 Å². The predicted octanol–water partition coefficient (Wildman–Crippen LogP) is 3.32. The molecule has 22 heavy (non-hydrogen) atoms. The highest BCUT2D eigenvalue weighted by molar-refractivity contribution is 6.29. The highest BCUT2D eigenvalue weighted by Crippen LogP contribution is 2.52. The third-order valence-corrected chi connectivity index (χ3v) is 4.53. The van der Waals surface area contributed by atoms with Gasteiger partial charge in [0.25, 0.3) is 0 Å². The molecular weight excluding hydrogens is 302 g/mol. The normalized spacial score (nSPS) is 20.5. The first-order valence-corrected chi connectivity index (χ1v) is 8.09. The van der Waals surface area contributed by atoms with Gasteiger partial charge in [0, 0.05) is 18.5 Å². The van der Waals surface area contributed by atoms with E-state index in [1.54, 1.807) is 6.07 Å². The van der Waals surface area contributed by atoms with Gasteiger partial charge in [0.05, 0.1) is 5.69 Å². The Balaban J connectivity index is 1.43. The molecule has 1 spiro atoms. The first kappa shape index (κ1) is 15.5. The maximum atomic E-state index is 11.9. The van der Waals surface area contributed by atoms with E-state index in [-0.39, 0.29) is 6.09 Å². The fourth-order valence-corrected chi connectivity index (χ4v) is 3.64. The van der Waals surface area contributed by atoms with E-state index < -0.39 is 5.60 Å². The summed E-state index contributed by atoms with van der Waals surface area (Å²) in [7, 11) is 0. The van der Waals surface area contributed by atoms with Crippen LogP contribution in [0.4, 0.5) is 4.79 Å². The molecule has 0 atom stereocenters. The number of nitrogens with zero attached hydrogens (tertiary/aromatic N) is 3. The molecule has 2 aliphatic rings. The summed E-state index contributed by atoms with van der Waals surface area (Å²) in [6.07, 6.45) is 3.05. The summed E-state index contributed by atoms with van der Waals surface area (Å²) < 4.78 is 5.39. The lowest BCUT2D eigenvalue weighted by Gasteiger charge is -2.58. The molecule has 0 radical (unpaired) electrons. The Morgan fingerprint density at radius 2 is 2.05 bits per heavy atom. The van der Waals surface area contributed by atoms with Gasteiger partial charge in [0.2, 0.25) is 0 Å². The van der Waals surface area contributed by atoms with E-state index in [1.165, 1.54) is 0 Å². The van der Waals surface area contributed by atoms with Gasteiger partial charge in [-0.1, -0.05) is 11.6 Å². The van der Waals surface area contributed by atoms with Gasteiger partial charge < -0.3 is 9.64 Å². The van der Waals surface area contributed by atoms with Crippen LogP contribution in [0.2, 0.25) is 5.15 Å². The highest BCUT2D eigenvalue weighted by Gasteiger charge is 2.54. The van der Waals surface area contributed by atoms with Crippen molar-refractivity contribution in [2.75, 3.05) is 13.1 Å². The van der Waals surface area contributed by atoms with Crippen LogP contribution in [0.5, 0.6) is 0 Å². The number of amides is 1. The standard InChI is InChI=1S/C16H22ClN3O2/c1-15(2,3)22-14(21)20-9-16(10-20)7-11(8-16)6-12-4-5-13(17)19-18-12/h4-5,11H,6-10H2,1-3H3. The fourth-order valence-electron chi connectivity index (χ4n) is 3.53. The second-order valence-corrected chi connectivity index (χ2v) is 8.05. The van der Waals surface area contributed by atoms with E-state index >= 15 is 0 Å². The van der Waals surface area contributed by atoms with Crippen molar-refractivity contribution in [2.24, 2.45) is 11.3 Å². The summed E-state index contributed by atoms with van der Waals surface area (Å²) in [4.78, 5) is 13.8. The fraction of sp³-hybridized carbons (Fsp3) is 0.688. The van der Waals surface area contributed by atoms with Crippen LogP contribution in [0, 0.1) is 11.3 Å². The molecule has 1 aromatic heterocycles. The van der Waals surface area contributed by atoms with Gasteiger partial charge >= 0.3 is 6.09 Å². The first-order valence-electron chi connectivity index (χ1n) is 7.71. The van der Waals surface area contributed by atoms with Crippen LogP contribution in [-0.2, 0) is 11.2 Å². The number of carbonyl (C=O) groups is 1. The Morgan fingerprint density at radius 1 is 1.36 bits per heavy atom. The molecule has 1 saturated carbocycles. The largest absolute Gasteiger partial charge is 0.444 e. The number of halogens is 1. The van der Waals surface area contributed by atoms with Crippen LogP contribution in [0.25, 0.3) is 0 Å². The van der Waals surface area contributed by atoms with E-state index in [0.29, 0.717) is 16.5 Å². The Labute approximate surface area is 136 Å². The van der Waals surface area contributed by atoms with Crippen LogP contribution in [-0.4, -0.2) is 39.9 Å². The zero-order valence-corrected chi connectivity index (χ0v) is 14.1. The third-order valence-electron chi connectivity index (χ3n) is 4.33. The molecule has 3 rings (SSSR count). The van der Waals surface area contributed by atoms with Gasteiger partial charge in [0.1, 0.15) is 5.60 Å². The number of carbonyl (C=O) groups excluding carboxylic acids is 1. The zero-order valence-electron chi connectivity index (χ0n) is 13.3. The summed E-state index contributed by atoms with van der Waals surface area (Å²) in [6.45, 7) is 7.34. The van der Waals surface area contributed by atoms with Crippen molar-refractivity contribution in [2.45, 2.75) is 45.6 Å². The van der Waals surface area contributed by atoms with Crippen molar-refractivity contribution in [3.8, 4) is 0 Å². The molecule has 5 nitrogen and oxygen atoms in total. The lowest BCUT2D eigenvalue weighted by atomic mass is 9.57. The molecule has 2 heterocycles. The number of likely N-dealkylation sites (tertiary alicyclic amines) is 1. The monoisotopic (exact) mass is 323 g/mol. The summed E-state index contributed by atoms with van der Waals surface area (Å²) >= 11 is 5.74. The summed E-state index contributed by atoms with van der Waals surface area (Å²) in [6, 6.07) is 3.72. The highest BCUT2D eigenvalue weighted by atomic mass is 35.5.